The number of hydrogen-bond acceptors (Lipinski definition) is 4. The SMILES string of the molecule is CCOC[C@@]12CCCO[C@@H]1CCN(S(=O)(=O)C1CC1)C2. The van der Waals surface area contributed by atoms with Crippen LogP contribution in [0.3, 0.4) is 0 Å². The molecule has 6 heteroatoms. The summed E-state index contributed by atoms with van der Waals surface area (Å²) in [6, 6.07) is 0. The van der Waals surface area contributed by atoms with E-state index in [-0.39, 0.29) is 16.8 Å². The van der Waals surface area contributed by atoms with Crippen molar-refractivity contribution in [2.75, 3.05) is 32.9 Å². The summed E-state index contributed by atoms with van der Waals surface area (Å²) in [6.45, 7) is 5.26. The van der Waals surface area contributed by atoms with Gasteiger partial charge < -0.3 is 9.47 Å². The average Bonchev–Trinajstić information content (AvgIpc) is 3.29. The van der Waals surface area contributed by atoms with Gasteiger partial charge in [0.1, 0.15) is 0 Å². The number of sulfonamides is 1. The van der Waals surface area contributed by atoms with Crippen LogP contribution in [0.2, 0.25) is 0 Å². The molecule has 5 nitrogen and oxygen atoms in total. The van der Waals surface area contributed by atoms with Crippen molar-refractivity contribution < 1.29 is 17.9 Å². The monoisotopic (exact) mass is 303 g/mol. The third kappa shape index (κ3) is 2.63. The predicted octanol–water partition coefficient (Wildman–Crippen LogP) is 1.39. The Hall–Kier alpha value is -0.170. The van der Waals surface area contributed by atoms with E-state index in [1.165, 1.54) is 0 Å². The standard InChI is InChI=1S/C14H25NO4S/c1-2-18-11-14-7-3-9-19-13(14)6-8-15(10-14)20(16,17)12-4-5-12/h12-13H,2-11H2,1H3/t13-,14+/m1/s1. The lowest BCUT2D eigenvalue weighted by Crippen LogP contribution is -2.58. The van der Waals surface area contributed by atoms with Gasteiger partial charge in [-0.2, -0.15) is 0 Å². The minimum atomic E-state index is -3.08. The number of rotatable bonds is 5. The van der Waals surface area contributed by atoms with Gasteiger partial charge in [-0.15, -0.1) is 0 Å². The molecule has 2 aliphatic heterocycles. The summed E-state index contributed by atoms with van der Waals surface area (Å²) in [5.74, 6) is 0. The summed E-state index contributed by atoms with van der Waals surface area (Å²) in [4.78, 5) is 0. The second-order valence-corrected chi connectivity index (χ2v) is 8.54. The van der Waals surface area contributed by atoms with Crippen molar-refractivity contribution in [3.63, 3.8) is 0 Å². The quantitative estimate of drug-likeness (QED) is 0.770. The van der Waals surface area contributed by atoms with Crippen LogP contribution in [-0.2, 0) is 19.5 Å². The molecule has 0 unspecified atom stereocenters. The van der Waals surface area contributed by atoms with Gasteiger partial charge in [0.15, 0.2) is 0 Å². The highest BCUT2D eigenvalue weighted by atomic mass is 32.2. The Morgan fingerprint density at radius 1 is 1.35 bits per heavy atom. The molecule has 3 aliphatic rings. The van der Waals surface area contributed by atoms with Gasteiger partial charge in [-0.3, -0.25) is 0 Å². The van der Waals surface area contributed by atoms with E-state index in [0.717, 1.165) is 38.7 Å². The Kier molecular flexibility index (Phi) is 4.10. The van der Waals surface area contributed by atoms with E-state index in [9.17, 15) is 8.42 Å². The van der Waals surface area contributed by atoms with Gasteiger partial charge in [-0.05, 0) is 39.0 Å². The molecular weight excluding hydrogens is 278 g/mol. The fourth-order valence-electron chi connectivity index (χ4n) is 3.56. The first-order chi connectivity index (χ1) is 9.58. The molecule has 2 atom stereocenters. The summed E-state index contributed by atoms with van der Waals surface area (Å²) < 4.78 is 38.3. The second kappa shape index (κ2) is 5.55. The maximum absolute atomic E-state index is 12.5. The van der Waals surface area contributed by atoms with Crippen LogP contribution in [0.1, 0.15) is 39.0 Å². The fraction of sp³-hybridized carbons (Fsp3) is 1.00. The van der Waals surface area contributed by atoms with Crippen LogP contribution < -0.4 is 0 Å². The van der Waals surface area contributed by atoms with Crippen molar-refractivity contribution in [2.24, 2.45) is 5.41 Å². The van der Waals surface area contributed by atoms with E-state index < -0.39 is 10.0 Å². The van der Waals surface area contributed by atoms with E-state index >= 15 is 0 Å². The van der Waals surface area contributed by atoms with Crippen molar-refractivity contribution in [3.8, 4) is 0 Å². The molecule has 0 radical (unpaired) electrons. The minimum Gasteiger partial charge on any atom is -0.381 e. The highest BCUT2D eigenvalue weighted by Gasteiger charge is 2.51. The molecule has 2 heterocycles. The molecule has 0 spiro atoms. The highest BCUT2D eigenvalue weighted by Crippen LogP contribution is 2.43. The number of ether oxygens (including phenoxy) is 2. The van der Waals surface area contributed by atoms with Crippen LogP contribution in [0.5, 0.6) is 0 Å². The highest BCUT2D eigenvalue weighted by molar-refractivity contribution is 7.90. The lowest BCUT2D eigenvalue weighted by atomic mass is 9.73. The van der Waals surface area contributed by atoms with Gasteiger partial charge in [0.2, 0.25) is 10.0 Å². The molecule has 2 saturated heterocycles. The number of fused-ring (bicyclic) bond motifs is 1. The number of piperidine rings is 1. The molecular formula is C14H25NO4S. The van der Waals surface area contributed by atoms with Crippen LogP contribution in [0, 0.1) is 5.41 Å². The van der Waals surface area contributed by atoms with E-state index in [0.29, 0.717) is 26.3 Å². The van der Waals surface area contributed by atoms with Crippen molar-refractivity contribution in [3.05, 3.63) is 0 Å². The molecule has 20 heavy (non-hydrogen) atoms. The molecule has 0 aromatic rings. The number of hydrogen-bond donors (Lipinski definition) is 0. The maximum atomic E-state index is 12.5. The number of nitrogens with zero attached hydrogens (tertiary/aromatic N) is 1. The van der Waals surface area contributed by atoms with Crippen LogP contribution in [-0.4, -0.2) is 57.0 Å². The zero-order valence-electron chi connectivity index (χ0n) is 12.2. The average molecular weight is 303 g/mol. The van der Waals surface area contributed by atoms with Crippen molar-refractivity contribution in [2.45, 2.75) is 50.4 Å². The summed E-state index contributed by atoms with van der Waals surface area (Å²) in [5.41, 5.74) is -0.130. The lowest BCUT2D eigenvalue weighted by Gasteiger charge is -2.49. The summed E-state index contributed by atoms with van der Waals surface area (Å²) in [7, 11) is -3.08. The molecule has 0 amide bonds. The normalized spacial score (nSPS) is 35.8. The summed E-state index contributed by atoms with van der Waals surface area (Å²) in [6.07, 6.45) is 4.64. The Morgan fingerprint density at radius 3 is 2.85 bits per heavy atom. The molecule has 0 N–H and O–H groups in total. The van der Waals surface area contributed by atoms with Crippen molar-refractivity contribution in [1.82, 2.24) is 4.31 Å². The Bertz CT molecular complexity index is 448. The van der Waals surface area contributed by atoms with Crippen molar-refractivity contribution >= 4 is 10.0 Å². The van der Waals surface area contributed by atoms with E-state index in [2.05, 4.69) is 0 Å². The van der Waals surface area contributed by atoms with Crippen LogP contribution in [0.4, 0.5) is 0 Å². The van der Waals surface area contributed by atoms with Gasteiger partial charge in [-0.1, -0.05) is 0 Å². The lowest BCUT2D eigenvalue weighted by molar-refractivity contribution is -0.141. The van der Waals surface area contributed by atoms with E-state index in [4.69, 9.17) is 9.47 Å². The molecule has 3 fully saturated rings. The van der Waals surface area contributed by atoms with Gasteiger partial charge in [-0.25, -0.2) is 12.7 Å². The Morgan fingerprint density at radius 2 is 2.15 bits per heavy atom. The van der Waals surface area contributed by atoms with Crippen LogP contribution in [0.25, 0.3) is 0 Å². The Labute approximate surface area is 121 Å². The molecule has 0 aromatic carbocycles. The van der Waals surface area contributed by atoms with Gasteiger partial charge in [0, 0.05) is 31.7 Å². The molecule has 3 rings (SSSR count). The van der Waals surface area contributed by atoms with Gasteiger partial charge in [0.25, 0.3) is 0 Å². The molecule has 1 aliphatic carbocycles. The van der Waals surface area contributed by atoms with Gasteiger partial charge >= 0.3 is 0 Å². The van der Waals surface area contributed by atoms with Crippen molar-refractivity contribution in [1.29, 1.82) is 0 Å². The van der Waals surface area contributed by atoms with E-state index in [1.54, 1.807) is 4.31 Å². The topological polar surface area (TPSA) is 55.8 Å². The Balaban J connectivity index is 1.78. The summed E-state index contributed by atoms with van der Waals surface area (Å²) >= 11 is 0. The van der Waals surface area contributed by atoms with Crippen LogP contribution in [0.15, 0.2) is 0 Å². The minimum absolute atomic E-state index is 0.118. The first kappa shape index (κ1) is 14.8. The van der Waals surface area contributed by atoms with Gasteiger partial charge in [0.05, 0.1) is 18.0 Å². The fourth-order valence-corrected chi connectivity index (χ4v) is 5.51. The third-order valence-electron chi connectivity index (χ3n) is 4.85. The first-order valence-electron chi connectivity index (χ1n) is 7.77. The predicted molar refractivity (Wildman–Crippen MR) is 76.0 cm³/mol. The maximum Gasteiger partial charge on any atom is 0.217 e. The van der Waals surface area contributed by atoms with E-state index in [1.807, 2.05) is 6.92 Å². The molecule has 116 valence electrons. The van der Waals surface area contributed by atoms with Crippen LogP contribution >= 0.6 is 0 Å². The largest absolute Gasteiger partial charge is 0.381 e. The molecule has 0 aromatic heterocycles. The molecule has 1 saturated carbocycles. The zero-order valence-corrected chi connectivity index (χ0v) is 13.0. The summed E-state index contributed by atoms with van der Waals surface area (Å²) in [5, 5.41) is -0.118. The third-order valence-corrected chi connectivity index (χ3v) is 7.20. The smallest absolute Gasteiger partial charge is 0.217 e. The molecule has 0 bridgehead atoms. The first-order valence-corrected chi connectivity index (χ1v) is 9.27. The zero-order chi connectivity index (χ0) is 14.2. The second-order valence-electron chi connectivity index (χ2n) is 6.33.